The lowest BCUT2D eigenvalue weighted by atomic mass is 10.1. The van der Waals surface area contributed by atoms with Crippen molar-refractivity contribution in [1.82, 2.24) is 9.78 Å². The van der Waals surface area contributed by atoms with Crippen molar-refractivity contribution < 1.29 is 9.53 Å². The molecule has 1 aromatic heterocycles. The van der Waals surface area contributed by atoms with Crippen molar-refractivity contribution in [2.75, 3.05) is 41.4 Å². The minimum absolute atomic E-state index is 0.146. The van der Waals surface area contributed by atoms with Crippen LogP contribution in [0.5, 0.6) is 5.75 Å². The Bertz CT molecular complexity index is 1090. The molecule has 7 nitrogen and oxygen atoms in total. The van der Waals surface area contributed by atoms with Gasteiger partial charge in [-0.3, -0.25) is 9.59 Å². The Balaban J connectivity index is 1.59. The van der Waals surface area contributed by atoms with Crippen molar-refractivity contribution in [3.05, 3.63) is 58.9 Å². The van der Waals surface area contributed by atoms with Gasteiger partial charge in [0, 0.05) is 35.7 Å². The summed E-state index contributed by atoms with van der Waals surface area (Å²) in [6.45, 7) is 4.10. The van der Waals surface area contributed by atoms with Gasteiger partial charge >= 0.3 is 0 Å². The summed E-state index contributed by atoms with van der Waals surface area (Å²) in [4.78, 5) is 27.8. The molecule has 0 saturated carbocycles. The third-order valence-electron chi connectivity index (χ3n) is 4.90. The Kier molecular flexibility index (Phi) is 6.23. The summed E-state index contributed by atoms with van der Waals surface area (Å²) in [5, 5.41) is 8.82. The Morgan fingerprint density at radius 3 is 2.50 bits per heavy atom. The summed E-state index contributed by atoms with van der Waals surface area (Å²) in [7, 11) is 0. The number of anilines is 2. The highest BCUT2D eigenvalue weighted by Crippen LogP contribution is 2.24. The molecule has 4 rings (SSSR count). The molecule has 2 aromatic carbocycles. The molecule has 3 aromatic rings. The van der Waals surface area contributed by atoms with Gasteiger partial charge in [0.1, 0.15) is 12.3 Å². The zero-order valence-corrected chi connectivity index (χ0v) is 17.7. The molecule has 0 aliphatic carbocycles. The van der Waals surface area contributed by atoms with Crippen LogP contribution in [0.3, 0.4) is 0 Å². The molecule has 8 heteroatoms. The lowest BCUT2D eigenvalue weighted by Gasteiger charge is -2.28. The van der Waals surface area contributed by atoms with E-state index in [1.165, 1.54) is 4.68 Å². The van der Waals surface area contributed by atoms with Gasteiger partial charge in [0.25, 0.3) is 5.56 Å². The van der Waals surface area contributed by atoms with E-state index < -0.39 is 0 Å². The lowest BCUT2D eigenvalue weighted by molar-refractivity contribution is -0.117. The summed E-state index contributed by atoms with van der Waals surface area (Å²) in [6.07, 6.45) is 0. The zero-order valence-electron chi connectivity index (χ0n) is 16.8. The van der Waals surface area contributed by atoms with Gasteiger partial charge in [0.15, 0.2) is 5.82 Å². The first-order chi connectivity index (χ1) is 14.7. The lowest BCUT2D eigenvalue weighted by Crippen LogP contribution is -2.37. The van der Waals surface area contributed by atoms with Gasteiger partial charge in [-0.25, -0.2) is 4.68 Å². The van der Waals surface area contributed by atoms with E-state index in [4.69, 9.17) is 4.74 Å². The van der Waals surface area contributed by atoms with Crippen molar-refractivity contribution in [1.29, 1.82) is 0 Å². The second kappa shape index (κ2) is 9.21. The van der Waals surface area contributed by atoms with E-state index in [1.807, 2.05) is 36.9 Å². The third-order valence-corrected chi connectivity index (χ3v) is 5.84. The Morgan fingerprint density at radius 2 is 1.80 bits per heavy atom. The fraction of sp³-hybridized carbons (Fsp3) is 0.318. The van der Waals surface area contributed by atoms with Gasteiger partial charge in [-0.15, -0.1) is 0 Å². The molecular formula is C22H24N4O3S. The number of benzene rings is 2. The highest BCUT2D eigenvalue weighted by atomic mass is 32.2. The summed E-state index contributed by atoms with van der Waals surface area (Å²) >= 11 is 1.91. The van der Waals surface area contributed by atoms with E-state index in [-0.39, 0.29) is 18.0 Å². The fourth-order valence-corrected chi connectivity index (χ4v) is 4.37. The zero-order chi connectivity index (χ0) is 20.9. The maximum absolute atomic E-state index is 12.9. The Labute approximate surface area is 179 Å². The Morgan fingerprint density at radius 1 is 1.10 bits per heavy atom. The third kappa shape index (κ3) is 4.43. The van der Waals surface area contributed by atoms with Gasteiger partial charge in [0.2, 0.25) is 5.91 Å². The molecule has 2 heterocycles. The van der Waals surface area contributed by atoms with Crippen LogP contribution in [0.4, 0.5) is 11.5 Å². The summed E-state index contributed by atoms with van der Waals surface area (Å²) in [6, 6.07) is 14.6. The minimum Gasteiger partial charge on any atom is -0.494 e. The van der Waals surface area contributed by atoms with Gasteiger partial charge in [-0.05, 0) is 37.3 Å². The van der Waals surface area contributed by atoms with Crippen LogP contribution < -0.4 is 20.5 Å². The van der Waals surface area contributed by atoms with Crippen LogP contribution in [0.2, 0.25) is 0 Å². The summed E-state index contributed by atoms with van der Waals surface area (Å²) in [5.41, 5.74) is 0.383. The number of carbonyl (C=O) groups excluding carboxylic acids is 1. The second-order valence-corrected chi connectivity index (χ2v) is 8.16. The number of nitrogens with zero attached hydrogens (tertiary/aromatic N) is 3. The van der Waals surface area contributed by atoms with Crippen LogP contribution in [0.15, 0.2) is 53.3 Å². The van der Waals surface area contributed by atoms with Crippen molar-refractivity contribution in [2.24, 2.45) is 0 Å². The molecule has 0 bridgehead atoms. The predicted octanol–water partition coefficient (Wildman–Crippen LogP) is 2.99. The maximum atomic E-state index is 12.9. The molecule has 1 aliphatic rings. The normalized spacial score (nSPS) is 14.0. The molecule has 156 valence electrons. The number of hydrogen-bond donors (Lipinski definition) is 1. The van der Waals surface area contributed by atoms with E-state index in [1.54, 1.807) is 30.3 Å². The number of ether oxygens (including phenoxy) is 1. The quantitative estimate of drug-likeness (QED) is 0.656. The largest absolute Gasteiger partial charge is 0.494 e. The average Bonchev–Trinajstić information content (AvgIpc) is 2.78. The fourth-order valence-electron chi connectivity index (χ4n) is 3.47. The van der Waals surface area contributed by atoms with Crippen LogP contribution >= 0.6 is 11.8 Å². The standard InChI is InChI=1S/C22H24N4O3S/c1-2-29-17-9-7-16(8-10-17)23-20(27)15-26-22(28)19-6-4-3-5-18(19)21(24-26)25-11-13-30-14-12-25/h3-10H,2,11-15H2,1H3,(H,23,27). The number of carbonyl (C=O) groups is 1. The molecule has 30 heavy (non-hydrogen) atoms. The average molecular weight is 425 g/mol. The molecular weight excluding hydrogens is 400 g/mol. The first kappa shape index (κ1) is 20.3. The number of nitrogens with one attached hydrogen (secondary N) is 1. The number of thioether (sulfide) groups is 1. The number of fused-ring (bicyclic) bond motifs is 1. The van der Waals surface area contributed by atoms with E-state index in [0.29, 0.717) is 17.7 Å². The first-order valence-corrected chi connectivity index (χ1v) is 11.2. The van der Waals surface area contributed by atoms with Crippen LogP contribution in [0.25, 0.3) is 10.8 Å². The molecule has 0 atom stereocenters. The van der Waals surface area contributed by atoms with E-state index in [0.717, 1.165) is 41.5 Å². The molecule has 0 unspecified atom stereocenters. The number of aromatic nitrogens is 2. The van der Waals surface area contributed by atoms with Crippen molar-refractivity contribution in [3.63, 3.8) is 0 Å². The molecule has 1 N–H and O–H groups in total. The van der Waals surface area contributed by atoms with Gasteiger partial charge in [0.05, 0.1) is 12.0 Å². The second-order valence-electron chi connectivity index (χ2n) is 6.94. The molecule has 1 fully saturated rings. The van der Waals surface area contributed by atoms with Crippen molar-refractivity contribution in [3.8, 4) is 5.75 Å². The Hall–Kier alpha value is -3.00. The summed E-state index contributed by atoms with van der Waals surface area (Å²) < 4.78 is 6.68. The minimum atomic E-state index is -0.302. The summed E-state index contributed by atoms with van der Waals surface area (Å²) in [5.74, 6) is 3.25. The van der Waals surface area contributed by atoms with Crippen LogP contribution in [0.1, 0.15) is 6.92 Å². The van der Waals surface area contributed by atoms with Crippen molar-refractivity contribution >= 4 is 39.9 Å². The molecule has 0 spiro atoms. The SMILES string of the molecule is CCOc1ccc(NC(=O)Cn2nc(N3CCSCC3)c3ccccc3c2=O)cc1. The van der Waals surface area contributed by atoms with Crippen LogP contribution in [0, 0.1) is 0 Å². The van der Waals surface area contributed by atoms with Crippen LogP contribution in [-0.4, -0.2) is 46.9 Å². The highest BCUT2D eigenvalue weighted by molar-refractivity contribution is 7.99. The van der Waals surface area contributed by atoms with Crippen LogP contribution in [-0.2, 0) is 11.3 Å². The number of hydrogen-bond acceptors (Lipinski definition) is 6. The van der Waals surface area contributed by atoms with E-state index in [9.17, 15) is 9.59 Å². The highest BCUT2D eigenvalue weighted by Gasteiger charge is 2.19. The molecule has 1 amide bonds. The predicted molar refractivity (Wildman–Crippen MR) is 122 cm³/mol. The molecule has 0 radical (unpaired) electrons. The van der Waals surface area contributed by atoms with Gasteiger partial charge in [-0.1, -0.05) is 18.2 Å². The topological polar surface area (TPSA) is 76.5 Å². The number of amides is 1. The smallest absolute Gasteiger partial charge is 0.275 e. The van der Waals surface area contributed by atoms with E-state index >= 15 is 0 Å². The first-order valence-electron chi connectivity index (χ1n) is 10.0. The molecule has 1 saturated heterocycles. The monoisotopic (exact) mass is 424 g/mol. The van der Waals surface area contributed by atoms with Crippen molar-refractivity contribution in [2.45, 2.75) is 13.5 Å². The van der Waals surface area contributed by atoms with Gasteiger partial charge in [-0.2, -0.15) is 16.9 Å². The van der Waals surface area contributed by atoms with E-state index in [2.05, 4.69) is 15.3 Å². The molecule has 1 aliphatic heterocycles. The van der Waals surface area contributed by atoms with Gasteiger partial charge < -0.3 is 15.0 Å². The maximum Gasteiger partial charge on any atom is 0.275 e. The number of rotatable bonds is 6.